The lowest BCUT2D eigenvalue weighted by atomic mass is 9.79. The molecule has 1 fully saturated rings. The molecule has 1 aliphatic carbocycles. The Morgan fingerprint density at radius 2 is 1.45 bits per heavy atom. The van der Waals surface area contributed by atoms with Gasteiger partial charge in [-0.25, -0.2) is 0 Å². The van der Waals surface area contributed by atoms with Gasteiger partial charge in [0.15, 0.2) is 0 Å². The van der Waals surface area contributed by atoms with Crippen molar-refractivity contribution in [3.8, 4) is 0 Å². The Hall–Kier alpha value is -2.08. The summed E-state index contributed by atoms with van der Waals surface area (Å²) in [6, 6.07) is 9.60. The van der Waals surface area contributed by atoms with Crippen LogP contribution in [0.2, 0.25) is 0 Å². The minimum Gasteiger partial charge on any atom is -0.481 e. The van der Waals surface area contributed by atoms with Crippen LogP contribution in [0.1, 0.15) is 25.7 Å². The van der Waals surface area contributed by atoms with Crippen LogP contribution >= 0.6 is 0 Å². The molecule has 2 atom stereocenters. The standard InChI is InChI=1S/C8H12O4.C6H8N2/c9-7(10)5-3-1-2-4-6(5)8(11)12;7-8-6-4-2-1-3-5-6/h5-6H,1-4H2,(H,9,10)(H,11,12);1-5,8H,7H2. The molecule has 0 aliphatic heterocycles. The van der Waals surface area contributed by atoms with Gasteiger partial charge in [-0.15, -0.1) is 0 Å². The first kappa shape index (κ1) is 16.0. The van der Waals surface area contributed by atoms with Gasteiger partial charge in [0.05, 0.1) is 11.8 Å². The van der Waals surface area contributed by atoms with Crippen LogP contribution in [0.3, 0.4) is 0 Å². The number of rotatable bonds is 3. The molecule has 0 aromatic heterocycles. The number of benzene rings is 1. The molecule has 1 aliphatic rings. The molecule has 0 saturated heterocycles. The smallest absolute Gasteiger partial charge is 0.307 e. The number of carboxylic acid groups (broad SMARTS) is 2. The number of nitrogens with one attached hydrogen (secondary N) is 1. The number of hydrazine groups is 1. The van der Waals surface area contributed by atoms with Gasteiger partial charge < -0.3 is 15.6 Å². The number of hydrogen-bond donors (Lipinski definition) is 4. The van der Waals surface area contributed by atoms with Crippen molar-refractivity contribution in [2.24, 2.45) is 17.7 Å². The third kappa shape index (κ3) is 4.89. The second kappa shape index (κ2) is 8.16. The highest BCUT2D eigenvalue weighted by Crippen LogP contribution is 2.30. The van der Waals surface area contributed by atoms with Crippen molar-refractivity contribution in [1.82, 2.24) is 0 Å². The van der Waals surface area contributed by atoms with Gasteiger partial charge in [0.25, 0.3) is 0 Å². The molecule has 2 rings (SSSR count). The molecule has 0 radical (unpaired) electrons. The van der Waals surface area contributed by atoms with E-state index in [9.17, 15) is 9.59 Å². The lowest BCUT2D eigenvalue weighted by molar-refractivity contribution is -0.155. The third-order valence-electron chi connectivity index (χ3n) is 3.34. The second-order valence-electron chi connectivity index (χ2n) is 4.68. The van der Waals surface area contributed by atoms with E-state index >= 15 is 0 Å². The summed E-state index contributed by atoms with van der Waals surface area (Å²) < 4.78 is 0. The Balaban J connectivity index is 0.000000217. The predicted molar refractivity (Wildman–Crippen MR) is 75.0 cm³/mol. The van der Waals surface area contributed by atoms with E-state index in [0.717, 1.165) is 18.5 Å². The molecule has 1 aromatic carbocycles. The van der Waals surface area contributed by atoms with E-state index in [0.29, 0.717) is 12.8 Å². The van der Waals surface area contributed by atoms with Gasteiger partial charge in [-0.05, 0) is 25.0 Å². The Labute approximate surface area is 117 Å². The summed E-state index contributed by atoms with van der Waals surface area (Å²) in [6.45, 7) is 0. The molecule has 0 spiro atoms. The minimum absolute atomic E-state index is 0.506. The summed E-state index contributed by atoms with van der Waals surface area (Å²) in [4.78, 5) is 21.2. The minimum atomic E-state index is -0.970. The molecule has 0 heterocycles. The topological polar surface area (TPSA) is 113 Å². The number of anilines is 1. The quantitative estimate of drug-likeness (QED) is 0.497. The van der Waals surface area contributed by atoms with Crippen LogP contribution in [0.5, 0.6) is 0 Å². The highest BCUT2D eigenvalue weighted by atomic mass is 16.4. The molecule has 5 N–H and O–H groups in total. The highest BCUT2D eigenvalue weighted by Gasteiger charge is 2.35. The fraction of sp³-hybridized carbons (Fsp3) is 0.429. The number of nitrogens with two attached hydrogens (primary N) is 1. The summed E-state index contributed by atoms with van der Waals surface area (Å²) in [5.41, 5.74) is 3.46. The number of hydrogen-bond acceptors (Lipinski definition) is 4. The fourth-order valence-electron chi connectivity index (χ4n) is 2.26. The van der Waals surface area contributed by atoms with Crippen LogP contribution in [0.25, 0.3) is 0 Å². The first-order valence-corrected chi connectivity index (χ1v) is 6.53. The van der Waals surface area contributed by atoms with E-state index in [1.807, 2.05) is 30.3 Å². The largest absolute Gasteiger partial charge is 0.481 e. The highest BCUT2D eigenvalue weighted by molar-refractivity contribution is 5.80. The second-order valence-corrected chi connectivity index (χ2v) is 4.68. The number of carboxylic acids is 2. The molecule has 0 amide bonds. The average molecular weight is 280 g/mol. The number of para-hydroxylation sites is 1. The molecule has 1 aromatic rings. The van der Waals surface area contributed by atoms with Gasteiger partial charge in [0, 0.05) is 5.69 Å². The lowest BCUT2D eigenvalue weighted by Crippen LogP contribution is -2.32. The van der Waals surface area contributed by atoms with E-state index in [2.05, 4.69) is 5.43 Å². The molecule has 6 heteroatoms. The van der Waals surface area contributed by atoms with Crippen LogP contribution in [0.15, 0.2) is 30.3 Å². The maximum Gasteiger partial charge on any atom is 0.307 e. The lowest BCUT2D eigenvalue weighted by Gasteiger charge is -2.24. The number of aliphatic carboxylic acids is 2. The molecular formula is C14H20N2O4. The van der Waals surface area contributed by atoms with Gasteiger partial charge in [-0.1, -0.05) is 31.0 Å². The summed E-state index contributed by atoms with van der Waals surface area (Å²) in [7, 11) is 0. The van der Waals surface area contributed by atoms with Crippen molar-refractivity contribution in [2.75, 3.05) is 5.43 Å². The fourth-order valence-corrected chi connectivity index (χ4v) is 2.26. The normalized spacial score (nSPS) is 21.2. The van der Waals surface area contributed by atoms with Crippen LogP contribution in [0, 0.1) is 11.8 Å². The molecule has 20 heavy (non-hydrogen) atoms. The van der Waals surface area contributed by atoms with E-state index < -0.39 is 23.8 Å². The van der Waals surface area contributed by atoms with Crippen molar-refractivity contribution in [3.05, 3.63) is 30.3 Å². The zero-order valence-electron chi connectivity index (χ0n) is 11.2. The monoisotopic (exact) mass is 280 g/mol. The van der Waals surface area contributed by atoms with Crippen molar-refractivity contribution in [2.45, 2.75) is 25.7 Å². The molecule has 6 nitrogen and oxygen atoms in total. The summed E-state index contributed by atoms with van der Waals surface area (Å²) >= 11 is 0. The zero-order valence-corrected chi connectivity index (χ0v) is 11.2. The predicted octanol–water partition coefficient (Wildman–Crippen LogP) is 1.93. The number of nitrogen functional groups attached to an aromatic ring is 1. The summed E-state index contributed by atoms with van der Waals surface area (Å²) in [5.74, 6) is 1.82. The van der Waals surface area contributed by atoms with Gasteiger partial charge >= 0.3 is 11.9 Å². The van der Waals surface area contributed by atoms with Crippen LogP contribution in [-0.4, -0.2) is 22.2 Å². The SMILES string of the molecule is NNc1ccccc1.O=C(O)C1CCCCC1C(=O)O. The van der Waals surface area contributed by atoms with E-state index in [-0.39, 0.29) is 0 Å². The Bertz CT molecular complexity index is 414. The first-order chi connectivity index (χ1) is 9.56. The van der Waals surface area contributed by atoms with Crippen LogP contribution in [-0.2, 0) is 9.59 Å². The van der Waals surface area contributed by atoms with E-state index in [1.165, 1.54) is 0 Å². The van der Waals surface area contributed by atoms with Gasteiger partial charge in [0.2, 0.25) is 0 Å². The molecule has 110 valence electrons. The first-order valence-electron chi connectivity index (χ1n) is 6.53. The third-order valence-corrected chi connectivity index (χ3v) is 3.34. The van der Waals surface area contributed by atoms with Crippen molar-refractivity contribution in [1.29, 1.82) is 0 Å². The molecular weight excluding hydrogens is 260 g/mol. The maximum atomic E-state index is 10.6. The van der Waals surface area contributed by atoms with E-state index in [4.69, 9.17) is 16.1 Å². The Kier molecular flexibility index (Phi) is 6.52. The average Bonchev–Trinajstić information content (AvgIpc) is 2.48. The van der Waals surface area contributed by atoms with E-state index in [1.54, 1.807) is 0 Å². The summed E-state index contributed by atoms with van der Waals surface area (Å²) in [6.07, 6.45) is 2.68. The molecule has 1 saturated carbocycles. The van der Waals surface area contributed by atoms with Crippen molar-refractivity contribution < 1.29 is 19.8 Å². The number of carbonyl (C=O) groups is 2. The van der Waals surface area contributed by atoms with Gasteiger partial charge in [-0.3, -0.25) is 15.4 Å². The Morgan fingerprint density at radius 1 is 1.00 bits per heavy atom. The van der Waals surface area contributed by atoms with Crippen LogP contribution < -0.4 is 11.3 Å². The van der Waals surface area contributed by atoms with Gasteiger partial charge in [0.1, 0.15) is 0 Å². The van der Waals surface area contributed by atoms with Gasteiger partial charge in [-0.2, -0.15) is 0 Å². The van der Waals surface area contributed by atoms with Crippen molar-refractivity contribution >= 4 is 17.6 Å². The molecule has 0 bridgehead atoms. The maximum absolute atomic E-state index is 10.6. The van der Waals surface area contributed by atoms with Crippen molar-refractivity contribution in [3.63, 3.8) is 0 Å². The Morgan fingerprint density at radius 3 is 1.75 bits per heavy atom. The zero-order chi connectivity index (χ0) is 15.0. The summed E-state index contributed by atoms with van der Waals surface area (Å²) in [5, 5.41) is 17.4. The molecule has 2 unspecified atom stereocenters. The van der Waals surface area contributed by atoms with Crippen LogP contribution in [0.4, 0.5) is 5.69 Å².